The number of benzene rings is 1. The number of rotatable bonds is 4. The third kappa shape index (κ3) is 3.08. The lowest BCUT2D eigenvalue weighted by molar-refractivity contribution is -0.384. The number of nitro benzene ring substituents is 1. The molecule has 0 fully saturated rings. The molecule has 0 aliphatic heterocycles. The van der Waals surface area contributed by atoms with Crippen LogP contribution in [0, 0.1) is 30.9 Å². The smallest absolute Gasteiger partial charge is 0.292 e. The SMILES string of the molecule is Cc1ncc(CNc2cc(C)c(C)cc2[N+](=O)[O-])s1. The average Bonchev–Trinajstić information content (AvgIpc) is 2.76. The zero-order chi connectivity index (χ0) is 14.0. The number of nitrogens with one attached hydrogen (secondary N) is 1. The van der Waals surface area contributed by atoms with Crippen LogP contribution in [0.15, 0.2) is 18.3 Å². The Morgan fingerprint density at radius 2 is 2.00 bits per heavy atom. The van der Waals surface area contributed by atoms with Crippen molar-refractivity contribution < 1.29 is 4.92 Å². The predicted octanol–water partition coefficient (Wildman–Crippen LogP) is 3.59. The molecule has 1 aromatic carbocycles. The van der Waals surface area contributed by atoms with E-state index in [1.807, 2.05) is 26.8 Å². The third-order valence-electron chi connectivity index (χ3n) is 2.93. The number of hydrogen-bond acceptors (Lipinski definition) is 5. The Balaban J connectivity index is 2.23. The first kappa shape index (κ1) is 13.5. The van der Waals surface area contributed by atoms with Gasteiger partial charge in [0.1, 0.15) is 5.69 Å². The summed E-state index contributed by atoms with van der Waals surface area (Å²) in [4.78, 5) is 15.9. The van der Waals surface area contributed by atoms with Gasteiger partial charge >= 0.3 is 0 Å². The van der Waals surface area contributed by atoms with Gasteiger partial charge in [-0.1, -0.05) is 0 Å². The molecule has 0 bridgehead atoms. The summed E-state index contributed by atoms with van der Waals surface area (Å²) < 4.78 is 0. The molecule has 0 unspecified atom stereocenters. The first-order valence-corrected chi connectivity index (χ1v) is 6.70. The Morgan fingerprint density at radius 3 is 2.58 bits per heavy atom. The standard InChI is InChI=1S/C13H15N3O2S/c1-8-4-12(13(16(17)18)5-9(8)2)15-7-11-6-14-10(3)19-11/h4-6,15H,7H2,1-3H3. The molecule has 6 heteroatoms. The zero-order valence-electron chi connectivity index (χ0n) is 11.1. The third-order valence-corrected chi connectivity index (χ3v) is 3.84. The van der Waals surface area contributed by atoms with Gasteiger partial charge in [0, 0.05) is 17.1 Å². The summed E-state index contributed by atoms with van der Waals surface area (Å²) in [7, 11) is 0. The number of nitrogens with zero attached hydrogens (tertiary/aromatic N) is 2. The fourth-order valence-corrected chi connectivity index (χ4v) is 2.50. The molecule has 0 aliphatic rings. The summed E-state index contributed by atoms with van der Waals surface area (Å²) in [5.41, 5.74) is 2.63. The summed E-state index contributed by atoms with van der Waals surface area (Å²) in [6.07, 6.45) is 1.79. The Morgan fingerprint density at radius 1 is 1.32 bits per heavy atom. The maximum Gasteiger partial charge on any atom is 0.292 e. The van der Waals surface area contributed by atoms with E-state index in [2.05, 4.69) is 10.3 Å². The van der Waals surface area contributed by atoms with Crippen LogP contribution >= 0.6 is 11.3 Å². The van der Waals surface area contributed by atoms with Gasteiger partial charge in [0.2, 0.25) is 0 Å². The molecule has 100 valence electrons. The highest BCUT2D eigenvalue weighted by atomic mass is 32.1. The van der Waals surface area contributed by atoms with E-state index >= 15 is 0 Å². The number of nitro groups is 1. The lowest BCUT2D eigenvalue weighted by Crippen LogP contribution is -2.02. The molecule has 2 rings (SSSR count). The molecule has 0 radical (unpaired) electrons. The van der Waals surface area contributed by atoms with Crippen LogP contribution in [-0.2, 0) is 6.54 Å². The van der Waals surface area contributed by atoms with Gasteiger partial charge in [-0.15, -0.1) is 11.3 Å². The monoisotopic (exact) mass is 277 g/mol. The molecular formula is C13H15N3O2S. The van der Waals surface area contributed by atoms with E-state index < -0.39 is 0 Å². The Hall–Kier alpha value is -1.95. The molecule has 0 aliphatic carbocycles. The quantitative estimate of drug-likeness (QED) is 0.685. The molecule has 0 saturated carbocycles. The van der Waals surface area contributed by atoms with Crippen molar-refractivity contribution in [3.05, 3.63) is 49.5 Å². The van der Waals surface area contributed by atoms with E-state index in [0.717, 1.165) is 21.0 Å². The van der Waals surface area contributed by atoms with Crippen molar-refractivity contribution in [3.8, 4) is 0 Å². The Bertz CT molecular complexity index is 622. The van der Waals surface area contributed by atoms with Crippen molar-refractivity contribution in [1.82, 2.24) is 4.98 Å². The Kier molecular flexibility index (Phi) is 3.80. The second-order valence-corrected chi connectivity index (χ2v) is 5.73. The van der Waals surface area contributed by atoms with Crippen molar-refractivity contribution >= 4 is 22.7 Å². The van der Waals surface area contributed by atoms with E-state index in [-0.39, 0.29) is 10.6 Å². The highest BCUT2D eigenvalue weighted by Gasteiger charge is 2.15. The molecular weight excluding hydrogens is 262 g/mol. The largest absolute Gasteiger partial charge is 0.375 e. The van der Waals surface area contributed by atoms with Crippen molar-refractivity contribution in [1.29, 1.82) is 0 Å². The predicted molar refractivity (Wildman–Crippen MR) is 76.7 cm³/mol. The number of aryl methyl sites for hydroxylation is 3. The van der Waals surface area contributed by atoms with Gasteiger partial charge in [-0.2, -0.15) is 0 Å². The van der Waals surface area contributed by atoms with Crippen molar-refractivity contribution in [2.45, 2.75) is 27.3 Å². The molecule has 19 heavy (non-hydrogen) atoms. The molecule has 5 nitrogen and oxygen atoms in total. The minimum atomic E-state index is -0.354. The lowest BCUT2D eigenvalue weighted by Gasteiger charge is -2.08. The molecule has 1 aromatic heterocycles. The van der Waals surface area contributed by atoms with Gasteiger partial charge in [0.25, 0.3) is 5.69 Å². The van der Waals surface area contributed by atoms with E-state index in [0.29, 0.717) is 12.2 Å². The van der Waals surface area contributed by atoms with Crippen LogP contribution in [0.2, 0.25) is 0 Å². The normalized spacial score (nSPS) is 10.5. The summed E-state index contributed by atoms with van der Waals surface area (Å²) in [6, 6.07) is 3.43. The number of hydrogen-bond donors (Lipinski definition) is 1. The van der Waals surface area contributed by atoms with Gasteiger partial charge in [-0.3, -0.25) is 10.1 Å². The zero-order valence-corrected chi connectivity index (χ0v) is 11.9. The first-order valence-electron chi connectivity index (χ1n) is 5.88. The molecule has 2 aromatic rings. The fraction of sp³-hybridized carbons (Fsp3) is 0.308. The van der Waals surface area contributed by atoms with Gasteiger partial charge in [-0.05, 0) is 38.0 Å². The minimum absolute atomic E-state index is 0.115. The van der Waals surface area contributed by atoms with E-state index in [9.17, 15) is 10.1 Å². The topological polar surface area (TPSA) is 68.1 Å². The number of thiazole rings is 1. The second kappa shape index (κ2) is 5.36. The van der Waals surface area contributed by atoms with Gasteiger partial charge in [0.05, 0.1) is 16.5 Å². The highest BCUT2D eigenvalue weighted by Crippen LogP contribution is 2.28. The minimum Gasteiger partial charge on any atom is -0.375 e. The number of aromatic nitrogens is 1. The second-order valence-electron chi connectivity index (χ2n) is 4.41. The van der Waals surface area contributed by atoms with Crippen LogP contribution in [0.5, 0.6) is 0 Å². The Labute approximate surface area is 115 Å². The van der Waals surface area contributed by atoms with Crippen LogP contribution in [0.25, 0.3) is 0 Å². The van der Waals surface area contributed by atoms with Crippen LogP contribution in [0.4, 0.5) is 11.4 Å². The number of anilines is 1. The van der Waals surface area contributed by atoms with Crippen LogP contribution in [0.1, 0.15) is 21.0 Å². The highest BCUT2D eigenvalue weighted by molar-refractivity contribution is 7.11. The van der Waals surface area contributed by atoms with Crippen molar-refractivity contribution in [2.24, 2.45) is 0 Å². The molecule has 0 spiro atoms. The molecule has 1 heterocycles. The van der Waals surface area contributed by atoms with Crippen LogP contribution < -0.4 is 5.32 Å². The molecule has 0 atom stereocenters. The van der Waals surface area contributed by atoms with E-state index in [1.165, 1.54) is 0 Å². The van der Waals surface area contributed by atoms with Gasteiger partial charge in [0.15, 0.2) is 0 Å². The van der Waals surface area contributed by atoms with Crippen LogP contribution in [-0.4, -0.2) is 9.91 Å². The summed E-state index contributed by atoms with van der Waals surface area (Å²) >= 11 is 1.59. The summed E-state index contributed by atoms with van der Waals surface area (Å²) in [5.74, 6) is 0. The van der Waals surface area contributed by atoms with Gasteiger partial charge < -0.3 is 5.32 Å². The van der Waals surface area contributed by atoms with Crippen LogP contribution in [0.3, 0.4) is 0 Å². The summed E-state index contributed by atoms with van der Waals surface area (Å²) in [5, 5.41) is 15.2. The van der Waals surface area contributed by atoms with Crippen molar-refractivity contribution in [3.63, 3.8) is 0 Å². The molecule has 0 amide bonds. The van der Waals surface area contributed by atoms with Gasteiger partial charge in [-0.25, -0.2) is 4.98 Å². The van der Waals surface area contributed by atoms with Crippen molar-refractivity contribution in [2.75, 3.05) is 5.32 Å². The van der Waals surface area contributed by atoms with E-state index in [1.54, 1.807) is 23.6 Å². The average molecular weight is 277 g/mol. The van der Waals surface area contributed by atoms with E-state index in [4.69, 9.17) is 0 Å². The molecule has 0 saturated heterocycles. The lowest BCUT2D eigenvalue weighted by atomic mass is 10.1. The first-order chi connectivity index (χ1) is 8.97. The summed E-state index contributed by atoms with van der Waals surface area (Å²) in [6.45, 7) is 6.31. The fourth-order valence-electron chi connectivity index (χ4n) is 1.76. The maximum atomic E-state index is 11.1. The maximum absolute atomic E-state index is 11.1. The molecule has 1 N–H and O–H groups in total.